The zero-order valence-corrected chi connectivity index (χ0v) is 28.4. The summed E-state index contributed by atoms with van der Waals surface area (Å²) in [4.78, 5) is 76.6. The van der Waals surface area contributed by atoms with E-state index in [4.69, 9.17) is 14.5 Å². The fourth-order valence-corrected chi connectivity index (χ4v) is 3.80. The molecule has 2 aliphatic carbocycles. The predicted molar refractivity (Wildman–Crippen MR) is 209 cm³/mol. The topological polar surface area (TPSA) is 161 Å². The van der Waals surface area contributed by atoms with E-state index >= 15 is 0 Å². The van der Waals surface area contributed by atoms with E-state index in [0.29, 0.717) is 16.7 Å². The van der Waals surface area contributed by atoms with Crippen LogP contribution in [0.1, 0.15) is 68.4 Å². The largest absolute Gasteiger partial charge is 0.469 e. The van der Waals surface area contributed by atoms with Crippen molar-refractivity contribution in [2.45, 2.75) is 48.5 Å². The van der Waals surface area contributed by atoms with Gasteiger partial charge in [-0.15, -0.1) is 0 Å². The van der Waals surface area contributed by atoms with E-state index in [1.54, 1.807) is 27.7 Å². The van der Waals surface area contributed by atoms with Crippen molar-refractivity contribution in [1.29, 1.82) is 0 Å². The van der Waals surface area contributed by atoms with E-state index in [1.165, 1.54) is 20.8 Å². The number of phosphoric ester groups is 1. The first-order valence-corrected chi connectivity index (χ1v) is 15.3. The number of ketones is 4. The standard InChI is InChI=1S/C28H14O4.C10H13O6P.14H2/c1-5-6-7-8-9-10-11-12-13-14-15-16-17-18-19-20-26(29)32-21-25-24(4)27(30)22(2)23(3)28(25)31;1-5-6(2)10(12)8(7(3)9(5)11)4-16-17(13,14)15;;;;;;;;;;;;;;/h21H2,1-4H3;4H2,1-3H3,(H2,13,14,15);14*1H. The Labute approximate surface area is 305 Å². The van der Waals surface area contributed by atoms with Gasteiger partial charge in [0, 0.05) is 70.5 Å². The van der Waals surface area contributed by atoms with Gasteiger partial charge < -0.3 is 14.5 Å². The van der Waals surface area contributed by atoms with Crippen LogP contribution in [0.4, 0.5) is 0 Å². The minimum atomic E-state index is -4.65. The van der Waals surface area contributed by atoms with Crippen LogP contribution < -0.4 is 0 Å². The number of phosphoric acid groups is 1. The van der Waals surface area contributed by atoms with Crippen LogP contribution in [0.25, 0.3) is 0 Å². The summed E-state index contributed by atoms with van der Waals surface area (Å²) in [7, 11) is -4.65. The average Bonchev–Trinajstić information content (AvgIpc) is 3.06. The van der Waals surface area contributed by atoms with Crippen LogP contribution in [0, 0.1) is 94.7 Å². The SMILES string of the molecule is CC#CC#CC#CC#CC#CC#CC#CC#CC(=O)OCC1=C(C)C(=O)C(C)=C(C)C1=O.CC1=C(C)C(=O)C(COP(=O)(O)O)=C(C)C1=O.[HH].[HH].[HH].[HH].[HH].[HH].[HH].[HH].[HH].[HH].[HH].[HH].[HH].[HH]. The number of allylic oxidation sites excluding steroid dienone is 6. The first-order valence-electron chi connectivity index (χ1n) is 13.8. The Hall–Kier alpha value is -6.30. The lowest BCUT2D eigenvalue weighted by atomic mass is 9.86. The fraction of sp³-hybridized carbons (Fsp3) is 0.237. The number of esters is 1. The minimum absolute atomic E-state index is 0. The van der Waals surface area contributed by atoms with Gasteiger partial charge in [-0.1, -0.05) is 5.92 Å². The van der Waals surface area contributed by atoms with Crippen LogP contribution in [-0.2, 0) is 37.8 Å². The van der Waals surface area contributed by atoms with Gasteiger partial charge in [-0.3, -0.25) is 23.7 Å². The maximum absolute atomic E-state index is 12.2. The van der Waals surface area contributed by atoms with Crippen molar-refractivity contribution in [3.05, 3.63) is 44.6 Å². The third-order valence-electron chi connectivity index (χ3n) is 6.45. The first kappa shape index (κ1) is 40.7. The zero-order valence-electron chi connectivity index (χ0n) is 27.5. The average molecular weight is 703 g/mol. The summed E-state index contributed by atoms with van der Waals surface area (Å²) in [5.41, 5.74) is 1.97. The lowest BCUT2D eigenvalue weighted by Crippen LogP contribution is -2.24. The molecule has 0 atom stereocenters. The van der Waals surface area contributed by atoms with Crippen LogP contribution >= 0.6 is 7.82 Å². The lowest BCUT2D eigenvalue weighted by Gasteiger charge is -2.18. The van der Waals surface area contributed by atoms with Gasteiger partial charge in [-0.2, -0.15) is 0 Å². The molecular formula is C38H55O10P. The molecule has 0 radical (unpaired) electrons. The summed E-state index contributed by atoms with van der Waals surface area (Å²) in [6.07, 6.45) is 0. The Kier molecular flexibility index (Phi) is 16.7. The number of Topliss-reactive ketones (excluding diaryl/α,β-unsaturated/α-hetero) is 4. The molecule has 272 valence electrons. The first-order chi connectivity index (χ1) is 23.0. The van der Waals surface area contributed by atoms with Gasteiger partial charge in [0.05, 0.1) is 6.61 Å². The Morgan fingerprint density at radius 2 is 0.878 bits per heavy atom. The van der Waals surface area contributed by atoms with Crippen LogP contribution in [0.15, 0.2) is 44.6 Å². The molecule has 0 fully saturated rings. The molecule has 0 saturated heterocycles. The van der Waals surface area contributed by atoms with Gasteiger partial charge in [0.1, 0.15) is 6.61 Å². The van der Waals surface area contributed by atoms with Crippen molar-refractivity contribution in [2.75, 3.05) is 13.2 Å². The highest BCUT2D eigenvalue weighted by molar-refractivity contribution is 7.46. The van der Waals surface area contributed by atoms with Gasteiger partial charge in [0.15, 0.2) is 23.1 Å². The van der Waals surface area contributed by atoms with E-state index in [0.717, 1.165) is 0 Å². The Morgan fingerprint density at radius 1 is 0.551 bits per heavy atom. The summed E-state index contributed by atoms with van der Waals surface area (Å²) >= 11 is 0. The van der Waals surface area contributed by atoms with Crippen molar-refractivity contribution in [1.82, 2.24) is 0 Å². The second kappa shape index (κ2) is 20.0. The molecule has 10 nitrogen and oxygen atoms in total. The van der Waals surface area contributed by atoms with E-state index in [9.17, 15) is 28.5 Å². The minimum Gasteiger partial charge on any atom is -0.451 e. The molecule has 0 spiro atoms. The summed E-state index contributed by atoms with van der Waals surface area (Å²) in [6, 6.07) is 0. The second-order valence-electron chi connectivity index (χ2n) is 9.49. The summed E-state index contributed by atoms with van der Waals surface area (Å²) in [5, 5.41) is 0. The molecule has 2 aliphatic rings. The van der Waals surface area contributed by atoms with E-state index in [2.05, 4.69) is 99.3 Å². The predicted octanol–water partition coefficient (Wildman–Crippen LogP) is 5.73. The molecule has 0 bridgehead atoms. The Bertz CT molecular complexity index is 2260. The maximum Gasteiger partial charge on any atom is 0.469 e. The van der Waals surface area contributed by atoms with Gasteiger partial charge in [-0.25, -0.2) is 9.36 Å². The molecule has 0 aromatic heterocycles. The fourth-order valence-electron chi connectivity index (χ4n) is 3.50. The highest BCUT2D eigenvalue weighted by atomic mass is 31.2. The molecule has 0 aromatic rings. The zero-order chi connectivity index (χ0) is 37.1. The summed E-state index contributed by atoms with van der Waals surface area (Å²) in [5.74, 6) is 36.9. The van der Waals surface area contributed by atoms with Crippen LogP contribution in [0.2, 0.25) is 0 Å². The van der Waals surface area contributed by atoms with E-state index < -0.39 is 26.2 Å². The second-order valence-corrected chi connectivity index (χ2v) is 10.7. The van der Waals surface area contributed by atoms with Gasteiger partial charge in [-0.05, 0) is 131 Å². The molecule has 2 N–H and O–H groups in total. The molecule has 0 aromatic carbocycles. The number of hydrogen-bond acceptors (Lipinski definition) is 8. The molecule has 49 heavy (non-hydrogen) atoms. The third kappa shape index (κ3) is 13.5. The summed E-state index contributed by atoms with van der Waals surface area (Å²) in [6.45, 7) is 9.93. The Balaban J connectivity index is -0.0000000572. The lowest BCUT2D eigenvalue weighted by molar-refractivity contribution is -0.136. The third-order valence-corrected chi connectivity index (χ3v) is 6.91. The monoisotopic (exact) mass is 702 g/mol. The molecular weight excluding hydrogens is 647 g/mol. The molecule has 0 heterocycles. The van der Waals surface area contributed by atoms with Crippen molar-refractivity contribution in [3.63, 3.8) is 0 Å². The number of carbonyl (C=O) groups is 5. The molecule has 2 rings (SSSR count). The van der Waals surface area contributed by atoms with Gasteiger partial charge in [0.2, 0.25) is 0 Å². The number of rotatable bonds is 5. The molecule has 0 amide bonds. The van der Waals surface area contributed by atoms with E-state index in [-0.39, 0.29) is 71.8 Å². The molecule has 11 heteroatoms. The normalized spacial score (nSPS) is 13.2. The maximum atomic E-state index is 12.2. The van der Waals surface area contributed by atoms with Crippen LogP contribution in [0.5, 0.6) is 0 Å². The van der Waals surface area contributed by atoms with Crippen LogP contribution in [-0.4, -0.2) is 52.1 Å². The number of hydrogen-bond donors (Lipinski definition) is 2. The highest BCUT2D eigenvalue weighted by Crippen LogP contribution is 2.37. The van der Waals surface area contributed by atoms with Crippen molar-refractivity contribution in [2.24, 2.45) is 0 Å². The van der Waals surface area contributed by atoms with Crippen molar-refractivity contribution >= 4 is 36.9 Å². The van der Waals surface area contributed by atoms with Gasteiger partial charge in [0.25, 0.3) is 0 Å². The molecule has 0 aliphatic heterocycles. The van der Waals surface area contributed by atoms with Crippen molar-refractivity contribution in [3.8, 4) is 94.7 Å². The number of carbonyl (C=O) groups excluding carboxylic acids is 5. The quantitative estimate of drug-likeness (QED) is 0.119. The molecule has 0 saturated carbocycles. The van der Waals surface area contributed by atoms with Crippen LogP contribution in [0.3, 0.4) is 0 Å². The number of ether oxygens (including phenoxy) is 1. The molecule has 0 unspecified atom stereocenters. The van der Waals surface area contributed by atoms with E-state index in [1.807, 2.05) is 0 Å². The van der Waals surface area contributed by atoms with Gasteiger partial charge >= 0.3 is 13.8 Å². The smallest absolute Gasteiger partial charge is 0.451 e. The van der Waals surface area contributed by atoms with Crippen molar-refractivity contribution < 1.29 is 67.6 Å². The Morgan fingerprint density at radius 3 is 1.24 bits per heavy atom. The summed E-state index contributed by atoms with van der Waals surface area (Å²) < 4.78 is 19.8. The highest BCUT2D eigenvalue weighted by Gasteiger charge is 2.30.